The predicted octanol–water partition coefficient (Wildman–Crippen LogP) is 1.72. The van der Waals surface area contributed by atoms with Gasteiger partial charge in [-0.2, -0.15) is 0 Å². The molecule has 0 aliphatic carbocycles. The van der Waals surface area contributed by atoms with Gasteiger partial charge in [-0.05, 0) is 44.1 Å². The highest BCUT2D eigenvalue weighted by atomic mass is 32.2. The minimum Gasteiger partial charge on any atom is -0.306 e. The van der Waals surface area contributed by atoms with Crippen LogP contribution in [0.5, 0.6) is 0 Å². The second-order valence-electron chi connectivity index (χ2n) is 5.49. The van der Waals surface area contributed by atoms with Crippen LogP contribution in [-0.4, -0.2) is 40.6 Å². The molecular weight excluding hydrogens is 244 g/mol. The van der Waals surface area contributed by atoms with Crippen LogP contribution in [0.3, 0.4) is 0 Å². The molecule has 0 aromatic heterocycles. The summed E-state index contributed by atoms with van der Waals surface area (Å²) in [7, 11) is 3.23. The Labute approximate surface area is 111 Å². The summed E-state index contributed by atoms with van der Waals surface area (Å²) in [4.78, 5) is 2.33. The number of likely N-dealkylation sites (tertiary alicyclic amines) is 1. The molecule has 0 amide bonds. The fraction of sp³-hybridized carbons (Fsp3) is 0.571. The molecule has 1 aromatic rings. The molecule has 4 heteroatoms. The molecule has 3 nitrogen and oxygen atoms in total. The van der Waals surface area contributed by atoms with Crippen LogP contribution in [0.25, 0.3) is 0 Å². The van der Waals surface area contributed by atoms with E-state index in [0.717, 1.165) is 32.5 Å². The first-order valence-electron chi connectivity index (χ1n) is 6.53. The lowest BCUT2D eigenvalue weighted by Gasteiger charge is -2.45. The molecule has 2 heterocycles. The standard InChI is InChI=1S/C14H20N2OS/c1-15-9-7-14(8-10-15)13-6-4-3-5-12(13)11-16(2)18(14)17/h3-6H,7-11H2,1-2H3. The Morgan fingerprint density at radius 3 is 2.56 bits per heavy atom. The van der Waals surface area contributed by atoms with E-state index < -0.39 is 11.0 Å². The first-order valence-corrected chi connectivity index (χ1v) is 7.64. The third-order valence-corrected chi connectivity index (χ3v) is 6.31. The summed E-state index contributed by atoms with van der Waals surface area (Å²) in [5.74, 6) is 0. The Bertz CT molecular complexity index is 480. The molecule has 98 valence electrons. The van der Waals surface area contributed by atoms with E-state index in [1.54, 1.807) is 0 Å². The van der Waals surface area contributed by atoms with Crippen molar-refractivity contribution in [3.8, 4) is 0 Å². The summed E-state index contributed by atoms with van der Waals surface area (Å²) >= 11 is 0. The number of benzene rings is 1. The van der Waals surface area contributed by atoms with Gasteiger partial charge in [0, 0.05) is 13.6 Å². The van der Waals surface area contributed by atoms with Crippen molar-refractivity contribution >= 4 is 11.0 Å². The maximum Gasteiger partial charge on any atom is 0.105 e. The normalized spacial score (nSPS) is 28.2. The number of hydrogen-bond acceptors (Lipinski definition) is 2. The van der Waals surface area contributed by atoms with Gasteiger partial charge < -0.3 is 4.90 Å². The fourth-order valence-corrected chi connectivity index (χ4v) is 4.99. The lowest BCUT2D eigenvalue weighted by Crippen LogP contribution is -2.50. The van der Waals surface area contributed by atoms with E-state index in [4.69, 9.17) is 0 Å². The molecule has 18 heavy (non-hydrogen) atoms. The summed E-state index contributed by atoms with van der Waals surface area (Å²) in [5.41, 5.74) is 2.68. The van der Waals surface area contributed by atoms with Crippen molar-refractivity contribution in [1.29, 1.82) is 0 Å². The first kappa shape index (κ1) is 12.3. The monoisotopic (exact) mass is 264 g/mol. The van der Waals surface area contributed by atoms with Crippen molar-refractivity contribution in [2.24, 2.45) is 0 Å². The van der Waals surface area contributed by atoms with Gasteiger partial charge in [0.05, 0.1) is 4.75 Å². The zero-order valence-corrected chi connectivity index (χ0v) is 11.9. The number of piperidine rings is 1. The van der Waals surface area contributed by atoms with Crippen LogP contribution >= 0.6 is 0 Å². The van der Waals surface area contributed by atoms with Gasteiger partial charge in [0.2, 0.25) is 0 Å². The van der Waals surface area contributed by atoms with Gasteiger partial charge in [-0.25, -0.2) is 8.51 Å². The Morgan fingerprint density at radius 1 is 1.17 bits per heavy atom. The van der Waals surface area contributed by atoms with Gasteiger partial charge in [-0.15, -0.1) is 0 Å². The maximum absolute atomic E-state index is 12.8. The number of nitrogens with zero attached hydrogens (tertiary/aromatic N) is 2. The van der Waals surface area contributed by atoms with Crippen LogP contribution < -0.4 is 0 Å². The number of fused-ring (bicyclic) bond motifs is 2. The van der Waals surface area contributed by atoms with Crippen LogP contribution in [0.2, 0.25) is 0 Å². The van der Waals surface area contributed by atoms with E-state index in [1.807, 2.05) is 11.4 Å². The van der Waals surface area contributed by atoms with Crippen LogP contribution in [-0.2, 0) is 22.3 Å². The Balaban J connectivity index is 2.09. The SMILES string of the molecule is CN1CCC2(CC1)c1ccccc1CN(C)S2=O. The lowest BCUT2D eigenvalue weighted by molar-refractivity contribution is 0.228. The van der Waals surface area contributed by atoms with Gasteiger partial charge in [0.25, 0.3) is 0 Å². The predicted molar refractivity (Wildman–Crippen MR) is 74.5 cm³/mol. The van der Waals surface area contributed by atoms with Crippen LogP contribution in [0, 0.1) is 0 Å². The molecule has 1 spiro atoms. The van der Waals surface area contributed by atoms with Crippen molar-refractivity contribution in [2.45, 2.75) is 24.1 Å². The third kappa shape index (κ3) is 1.75. The molecule has 1 atom stereocenters. The van der Waals surface area contributed by atoms with E-state index >= 15 is 0 Å². The molecule has 1 fully saturated rings. The quantitative estimate of drug-likeness (QED) is 0.712. The van der Waals surface area contributed by atoms with E-state index in [9.17, 15) is 4.21 Å². The van der Waals surface area contributed by atoms with E-state index in [-0.39, 0.29) is 4.75 Å². The molecule has 0 N–H and O–H groups in total. The Morgan fingerprint density at radius 2 is 1.83 bits per heavy atom. The Kier molecular flexibility index (Phi) is 3.04. The smallest absolute Gasteiger partial charge is 0.105 e. The van der Waals surface area contributed by atoms with E-state index in [0.29, 0.717) is 0 Å². The molecule has 0 bridgehead atoms. The highest BCUT2D eigenvalue weighted by molar-refractivity contribution is 7.83. The second-order valence-corrected chi connectivity index (χ2v) is 7.39. The summed E-state index contributed by atoms with van der Waals surface area (Å²) in [6, 6.07) is 8.54. The number of rotatable bonds is 0. The molecular formula is C14H20N2OS. The summed E-state index contributed by atoms with van der Waals surface area (Å²) in [5, 5.41) is 0. The summed E-state index contributed by atoms with van der Waals surface area (Å²) < 4.78 is 14.7. The van der Waals surface area contributed by atoms with Gasteiger partial charge in [-0.3, -0.25) is 0 Å². The zero-order chi connectivity index (χ0) is 12.8. The largest absolute Gasteiger partial charge is 0.306 e. The highest BCUT2D eigenvalue weighted by Gasteiger charge is 2.46. The molecule has 1 saturated heterocycles. The molecule has 3 rings (SSSR count). The lowest BCUT2D eigenvalue weighted by atomic mass is 9.85. The van der Waals surface area contributed by atoms with Crippen LogP contribution in [0.1, 0.15) is 24.0 Å². The molecule has 0 radical (unpaired) electrons. The van der Waals surface area contributed by atoms with Crippen molar-refractivity contribution < 1.29 is 4.21 Å². The molecule has 1 aromatic carbocycles. The highest BCUT2D eigenvalue weighted by Crippen LogP contribution is 2.44. The van der Waals surface area contributed by atoms with Gasteiger partial charge in [-0.1, -0.05) is 24.3 Å². The minimum atomic E-state index is -0.900. The second kappa shape index (κ2) is 4.44. The summed E-state index contributed by atoms with van der Waals surface area (Å²) in [6.45, 7) is 2.88. The zero-order valence-electron chi connectivity index (χ0n) is 11.1. The van der Waals surface area contributed by atoms with Crippen molar-refractivity contribution in [2.75, 3.05) is 27.2 Å². The molecule has 2 aliphatic rings. The van der Waals surface area contributed by atoms with Gasteiger partial charge in [0.1, 0.15) is 11.0 Å². The van der Waals surface area contributed by atoms with Crippen molar-refractivity contribution in [3.63, 3.8) is 0 Å². The first-order chi connectivity index (χ1) is 8.63. The van der Waals surface area contributed by atoms with Crippen LogP contribution in [0.4, 0.5) is 0 Å². The van der Waals surface area contributed by atoms with Crippen molar-refractivity contribution in [3.05, 3.63) is 35.4 Å². The average Bonchev–Trinajstić information content (AvgIpc) is 2.39. The third-order valence-electron chi connectivity index (χ3n) is 4.31. The van der Waals surface area contributed by atoms with Crippen molar-refractivity contribution in [1.82, 2.24) is 9.21 Å². The number of hydrogen-bond donors (Lipinski definition) is 0. The van der Waals surface area contributed by atoms with Crippen LogP contribution in [0.15, 0.2) is 24.3 Å². The maximum atomic E-state index is 12.8. The van der Waals surface area contributed by atoms with E-state index in [2.05, 4.69) is 36.2 Å². The van der Waals surface area contributed by atoms with Gasteiger partial charge in [0.15, 0.2) is 0 Å². The topological polar surface area (TPSA) is 23.6 Å². The van der Waals surface area contributed by atoms with Gasteiger partial charge >= 0.3 is 0 Å². The summed E-state index contributed by atoms with van der Waals surface area (Å²) in [6.07, 6.45) is 1.99. The van der Waals surface area contributed by atoms with E-state index in [1.165, 1.54) is 11.1 Å². The fourth-order valence-electron chi connectivity index (χ4n) is 3.22. The molecule has 1 unspecified atom stereocenters. The minimum absolute atomic E-state index is 0.143. The Hall–Kier alpha value is -0.710. The molecule has 0 saturated carbocycles. The average molecular weight is 264 g/mol. The molecule has 2 aliphatic heterocycles.